The van der Waals surface area contributed by atoms with Crippen molar-refractivity contribution in [3.8, 4) is 0 Å². The van der Waals surface area contributed by atoms with Crippen molar-refractivity contribution in [3.05, 3.63) is 34.5 Å². The number of carboxylic acids is 1. The van der Waals surface area contributed by atoms with Crippen molar-refractivity contribution >= 4 is 27.3 Å². The van der Waals surface area contributed by atoms with Crippen LogP contribution in [-0.2, 0) is 29.5 Å². The summed E-state index contributed by atoms with van der Waals surface area (Å²) in [4.78, 5) is 12.4. The molecular formula is C15H20N4O4S2. The maximum atomic E-state index is 12.7. The van der Waals surface area contributed by atoms with Gasteiger partial charge < -0.3 is 10.4 Å². The fourth-order valence-electron chi connectivity index (χ4n) is 2.85. The highest BCUT2D eigenvalue weighted by Gasteiger charge is 2.32. The molecule has 25 heavy (non-hydrogen) atoms. The Bertz CT molecular complexity index is 858. The topological polar surface area (TPSA) is 113 Å². The largest absolute Gasteiger partial charge is 0.478 e. The lowest BCUT2D eigenvalue weighted by atomic mass is 10.1. The van der Waals surface area contributed by atoms with Crippen molar-refractivity contribution in [3.63, 3.8) is 0 Å². The zero-order valence-corrected chi connectivity index (χ0v) is 15.4. The second-order valence-corrected chi connectivity index (χ2v) is 8.99. The second-order valence-electron chi connectivity index (χ2n) is 5.98. The van der Waals surface area contributed by atoms with E-state index < -0.39 is 16.0 Å². The van der Waals surface area contributed by atoms with Gasteiger partial charge in [-0.25, -0.2) is 17.9 Å². The molecule has 1 aliphatic rings. The molecule has 3 rings (SSSR count). The maximum absolute atomic E-state index is 12.7. The number of thiophene rings is 1. The van der Waals surface area contributed by atoms with E-state index in [0.717, 1.165) is 16.2 Å². The molecule has 0 bridgehead atoms. The Morgan fingerprint density at radius 1 is 1.56 bits per heavy atom. The van der Waals surface area contributed by atoms with Crippen LogP contribution in [0.3, 0.4) is 0 Å². The SMILES string of the molecule is CC(CCn1cccn1)NS(=O)(=O)c1sc2c(c1C(=O)O)CCNC2. The number of aryl methyl sites for hydroxylation is 1. The van der Waals surface area contributed by atoms with Crippen LogP contribution >= 0.6 is 11.3 Å². The Hall–Kier alpha value is -1.75. The highest BCUT2D eigenvalue weighted by atomic mass is 32.2. The smallest absolute Gasteiger partial charge is 0.338 e. The molecule has 2 aromatic rings. The average molecular weight is 384 g/mol. The van der Waals surface area contributed by atoms with Gasteiger partial charge in [0.2, 0.25) is 0 Å². The van der Waals surface area contributed by atoms with Crippen LogP contribution < -0.4 is 10.0 Å². The number of sulfonamides is 1. The summed E-state index contributed by atoms with van der Waals surface area (Å²) in [6.07, 6.45) is 4.55. The monoisotopic (exact) mass is 384 g/mol. The molecular weight excluding hydrogens is 364 g/mol. The fourth-order valence-corrected chi connectivity index (χ4v) is 6.01. The van der Waals surface area contributed by atoms with Crippen LogP contribution in [-0.4, -0.2) is 41.9 Å². The molecule has 136 valence electrons. The van der Waals surface area contributed by atoms with E-state index in [4.69, 9.17) is 0 Å². The summed E-state index contributed by atoms with van der Waals surface area (Å²) in [5, 5.41) is 16.7. The van der Waals surface area contributed by atoms with Gasteiger partial charge >= 0.3 is 5.97 Å². The number of carbonyl (C=O) groups is 1. The van der Waals surface area contributed by atoms with Gasteiger partial charge in [-0.1, -0.05) is 0 Å². The minimum atomic E-state index is -3.89. The lowest BCUT2D eigenvalue weighted by Crippen LogP contribution is -2.33. The van der Waals surface area contributed by atoms with E-state index in [1.807, 2.05) is 6.20 Å². The summed E-state index contributed by atoms with van der Waals surface area (Å²) < 4.78 is 29.7. The van der Waals surface area contributed by atoms with Gasteiger partial charge in [0.25, 0.3) is 10.0 Å². The lowest BCUT2D eigenvalue weighted by Gasteiger charge is -2.14. The number of rotatable bonds is 7. The molecule has 10 heteroatoms. The third-order valence-electron chi connectivity index (χ3n) is 4.06. The first-order valence-electron chi connectivity index (χ1n) is 7.97. The molecule has 0 fully saturated rings. The minimum Gasteiger partial charge on any atom is -0.478 e. The molecule has 1 unspecified atom stereocenters. The summed E-state index contributed by atoms with van der Waals surface area (Å²) in [6.45, 7) is 3.49. The molecule has 8 nitrogen and oxygen atoms in total. The van der Waals surface area contributed by atoms with Crippen molar-refractivity contribution in [2.45, 2.75) is 43.1 Å². The van der Waals surface area contributed by atoms with Crippen molar-refractivity contribution in [2.24, 2.45) is 0 Å². The molecule has 1 aliphatic heterocycles. The molecule has 0 spiro atoms. The van der Waals surface area contributed by atoms with Gasteiger partial charge in [-0.3, -0.25) is 4.68 Å². The average Bonchev–Trinajstić information content (AvgIpc) is 3.20. The Kier molecular flexibility index (Phi) is 5.23. The van der Waals surface area contributed by atoms with Crippen LogP contribution in [0.1, 0.15) is 34.1 Å². The molecule has 0 aromatic carbocycles. The lowest BCUT2D eigenvalue weighted by molar-refractivity contribution is 0.0692. The molecule has 3 N–H and O–H groups in total. The van der Waals surface area contributed by atoms with Crippen molar-refractivity contribution in [1.82, 2.24) is 19.8 Å². The van der Waals surface area contributed by atoms with Crippen LogP contribution in [0.2, 0.25) is 0 Å². The normalized spacial score (nSPS) is 15.7. The Morgan fingerprint density at radius 2 is 2.36 bits per heavy atom. The summed E-state index contributed by atoms with van der Waals surface area (Å²) in [5.74, 6) is -1.19. The Balaban J connectivity index is 1.79. The van der Waals surface area contributed by atoms with E-state index >= 15 is 0 Å². The molecule has 0 aliphatic carbocycles. The Labute approximate surface area is 149 Å². The van der Waals surface area contributed by atoms with Gasteiger partial charge in [0.1, 0.15) is 4.21 Å². The van der Waals surface area contributed by atoms with E-state index in [-0.39, 0.29) is 15.8 Å². The Morgan fingerprint density at radius 3 is 3.04 bits per heavy atom. The summed E-state index contributed by atoms with van der Waals surface area (Å²) in [7, 11) is -3.89. The summed E-state index contributed by atoms with van der Waals surface area (Å²) in [6, 6.07) is 1.46. The standard InChI is InChI=1S/C15H20N4O4S2/c1-10(4-8-19-7-2-5-17-19)18-25(22,23)15-13(14(20)21)11-3-6-16-9-12(11)24-15/h2,5,7,10,16,18H,3-4,6,8-9H2,1H3,(H,20,21). The van der Waals surface area contributed by atoms with E-state index in [0.29, 0.717) is 38.0 Å². The predicted octanol–water partition coefficient (Wildman–Crippen LogP) is 1.05. The zero-order valence-electron chi connectivity index (χ0n) is 13.7. The molecule has 2 aromatic heterocycles. The second kappa shape index (κ2) is 7.24. The van der Waals surface area contributed by atoms with E-state index in [1.165, 1.54) is 0 Å². The fraction of sp³-hybridized carbons (Fsp3) is 0.467. The summed E-state index contributed by atoms with van der Waals surface area (Å²) >= 11 is 1.04. The number of carboxylic acid groups (broad SMARTS) is 1. The van der Waals surface area contributed by atoms with Crippen LogP contribution in [0, 0.1) is 0 Å². The number of fused-ring (bicyclic) bond motifs is 1. The summed E-state index contributed by atoms with van der Waals surface area (Å²) in [5.41, 5.74) is 0.564. The van der Waals surface area contributed by atoms with Gasteiger partial charge in [-0.2, -0.15) is 5.10 Å². The number of hydrogen-bond acceptors (Lipinski definition) is 6. The maximum Gasteiger partial charge on any atom is 0.338 e. The van der Waals surface area contributed by atoms with Crippen LogP contribution in [0.25, 0.3) is 0 Å². The first-order chi connectivity index (χ1) is 11.9. The zero-order chi connectivity index (χ0) is 18.0. The molecule has 0 radical (unpaired) electrons. The van der Waals surface area contributed by atoms with Crippen LogP contribution in [0.5, 0.6) is 0 Å². The minimum absolute atomic E-state index is 0.0757. The number of nitrogens with zero attached hydrogens (tertiary/aromatic N) is 2. The van der Waals surface area contributed by atoms with E-state index in [1.54, 1.807) is 23.9 Å². The first kappa shape index (κ1) is 18.1. The van der Waals surface area contributed by atoms with Gasteiger partial charge in [0.05, 0.1) is 5.56 Å². The molecule has 0 amide bonds. The number of aromatic carboxylic acids is 1. The van der Waals surface area contributed by atoms with E-state index in [9.17, 15) is 18.3 Å². The van der Waals surface area contributed by atoms with Crippen molar-refractivity contribution in [2.75, 3.05) is 6.54 Å². The number of nitrogens with one attached hydrogen (secondary N) is 2. The third-order valence-corrected chi connectivity index (χ3v) is 7.40. The quantitative estimate of drug-likeness (QED) is 0.657. The molecule has 3 heterocycles. The first-order valence-corrected chi connectivity index (χ1v) is 10.3. The highest BCUT2D eigenvalue weighted by Crippen LogP contribution is 2.34. The van der Waals surface area contributed by atoms with Gasteiger partial charge in [0.15, 0.2) is 0 Å². The van der Waals surface area contributed by atoms with Crippen molar-refractivity contribution in [1.29, 1.82) is 0 Å². The molecule has 0 saturated carbocycles. The molecule has 0 saturated heterocycles. The van der Waals surface area contributed by atoms with Crippen LogP contribution in [0.15, 0.2) is 22.7 Å². The van der Waals surface area contributed by atoms with Gasteiger partial charge in [0, 0.05) is 36.4 Å². The van der Waals surface area contributed by atoms with Crippen LogP contribution in [0.4, 0.5) is 0 Å². The predicted molar refractivity (Wildman–Crippen MR) is 93.3 cm³/mol. The third kappa shape index (κ3) is 3.92. The van der Waals surface area contributed by atoms with Crippen molar-refractivity contribution < 1.29 is 18.3 Å². The number of hydrogen-bond donors (Lipinski definition) is 3. The van der Waals surface area contributed by atoms with Gasteiger partial charge in [-0.15, -0.1) is 11.3 Å². The van der Waals surface area contributed by atoms with Gasteiger partial charge in [-0.05, 0) is 37.9 Å². The molecule has 1 atom stereocenters. The van der Waals surface area contributed by atoms with E-state index in [2.05, 4.69) is 15.1 Å². The number of aromatic nitrogens is 2. The highest BCUT2D eigenvalue weighted by molar-refractivity contribution is 7.91.